The van der Waals surface area contributed by atoms with Crippen LogP contribution >= 0.6 is 0 Å². The number of fused-ring (bicyclic) bond motifs is 1. The molecule has 9 heteroatoms. The summed E-state index contributed by atoms with van der Waals surface area (Å²) in [5.41, 5.74) is 8.34. The van der Waals surface area contributed by atoms with E-state index in [9.17, 15) is 8.42 Å². The number of pyridine rings is 1. The van der Waals surface area contributed by atoms with E-state index in [0.717, 1.165) is 36.6 Å². The summed E-state index contributed by atoms with van der Waals surface area (Å²) < 4.78 is 28.4. The van der Waals surface area contributed by atoms with Crippen molar-refractivity contribution < 1.29 is 8.42 Å². The number of rotatable bonds is 5. The van der Waals surface area contributed by atoms with Crippen molar-refractivity contribution in [3.63, 3.8) is 0 Å². The number of benzene rings is 1. The smallest absolute Gasteiger partial charge is 0.269 e. The van der Waals surface area contributed by atoms with Crippen LogP contribution in [0.25, 0.3) is 22.3 Å². The van der Waals surface area contributed by atoms with Gasteiger partial charge in [0.1, 0.15) is 0 Å². The summed E-state index contributed by atoms with van der Waals surface area (Å²) in [7, 11) is -3.84. The van der Waals surface area contributed by atoms with E-state index in [1.807, 2.05) is 6.07 Å². The molecule has 0 atom stereocenters. The number of aromatic nitrogens is 4. The number of nitrogens with one attached hydrogen (secondary N) is 1. The normalized spacial score (nSPS) is 19.0. The van der Waals surface area contributed by atoms with Gasteiger partial charge in [-0.2, -0.15) is 0 Å². The highest BCUT2D eigenvalue weighted by atomic mass is 32.2. The molecule has 33 heavy (non-hydrogen) atoms. The molecule has 1 aliphatic carbocycles. The van der Waals surface area contributed by atoms with E-state index in [4.69, 9.17) is 10.7 Å². The zero-order valence-electron chi connectivity index (χ0n) is 18.3. The third-order valence-electron chi connectivity index (χ3n) is 6.21. The van der Waals surface area contributed by atoms with E-state index < -0.39 is 10.0 Å². The topological polar surface area (TPSA) is 116 Å². The van der Waals surface area contributed by atoms with Crippen molar-refractivity contribution in [1.82, 2.24) is 18.9 Å². The third-order valence-corrected chi connectivity index (χ3v) is 8.01. The molecule has 1 saturated carbocycles. The van der Waals surface area contributed by atoms with Crippen molar-refractivity contribution in [2.24, 2.45) is 5.73 Å². The van der Waals surface area contributed by atoms with Gasteiger partial charge in [-0.1, -0.05) is 18.2 Å². The van der Waals surface area contributed by atoms with Crippen LogP contribution in [0.15, 0.2) is 65.8 Å². The Kier molecular flexibility index (Phi) is 5.59. The maximum absolute atomic E-state index is 13.5. The van der Waals surface area contributed by atoms with E-state index in [0.29, 0.717) is 23.0 Å². The van der Waals surface area contributed by atoms with Crippen molar-refractivity contribution in [3.8, 4) is 11.3 Å². The van der Waals surface area contributed by atoms with Gasteiger partial charge in [0, 0.05) is 41.1 Å². The highest BCUT2D eigenvalue weighted by molar-refractivity contribution is 7.90. The van der Waals surface area contributed by atoms with Gasteiger partial charge in [0.2, 0.25) is 5.95 Å². The van der Waals surface area contributed by atoms with Gasteiger partial charge in [0.25, 0.3) is 10.0 Å². The highest BCUT2D eigenvalue weighted by Gasteiger charge is 2.27. The van der Waals surface area contributed by atoms with Gasteiger partial charge in [0.05, 0.1) is 10.6 Å². The lowest BCUT2D eigenvalue weighted by Gasteiger charge is -2.26. The van der Waals surface area contributed by atoms with Gasteiger partial charge >= 0.3 is 0 Å². The fourth-order valence-corrected chi connectivity index (χ4v) is 6.07. The van der Waals surface area contributed by atoms with Crippen LogP contribution in [0, 0.1) is 6.92 Å². The van der Waals surface area contributed by atoms with Crippen molar-refractivity contribution in [2.75, 3.05) is 5.32 Å². The zero-order chi connectivity index (χ0) is 23.0. The number of nitrogens with two attached hydrogens (primary N) is 1. The van der Waals surface area contributed by atoms with Crippen LogP contribution in [0.4, 0.5) is 5.95 Å². The maximum Gasteiger partial charge on any atom is 0.269 e. The predicted molar refractivity (Wildman–Crippen MR) is 128 cm³/mol. The monoisotopic (exact) mass is 462 g/mol. The summed E-state index contributed by atoms with van der Waals surface area (Å²) in [6, 6.07) is 14.4. The molecule has 8 nitrogen and oxygen atoms in total. The third kappa shape index (κ3) is 3.98. The first-order valence-electron chi connectivity index (χ1n) is 11.1. The Bertz CT molecular complexity index is 1390. The first kappa shape index (κ1) is 21.5. The second-order valence-corrected chi connectivity index (χ2v) is 10.2. The van der Waals surface area contributed by atoms with Crippen LogP contribution in [0.1, 0.15) is 31.4 Å². The van der Waals surface area contributed by atoms with E-state index in [2.05, 4.69) is 15.3 Å². The lowest BCUT2D eigenvalue weighted by atomic mass is 9.92. The molecule has 5 rings (SSSR count). The lowest BCUT2D eigenvalue weighted by molar-refractivity contribution is 0.410. The molecule has 0 radical (unpaired) electrons. The van der Waals surface area contributed by atoms with Gasteiger partial charge in [0.15, 0.2) is 5.65 Å². The Morgan fingerprint density at radius 1 is 0.970 bits per heavy atom. The molecule has 4 aromatic rings. The standard InChI is InChI=1S/C24H26N6O2S/c1-16-22(21-13-15-27-24(29-21)28-18-11-9-17(25)10-12-18)20-8-5-14-26-23(20)30(16)33(31,32)19-6-3-2-4-7-19/h2-8,13-15,17-18H,9-12,25H2,1H3,(H,27,28,29). The van der Waals surface area contributed by atoms with Gasteiger partial charge in [-0.15, -0.1) is 0 Å². The van der Waals surface area contributed by atoms with Crippen molar-refractivity contribution in [3.05, 3.63) is 66.6 Å². The van der Waals surface area contributed by atoms with Crippen LogP contribution < -0.4 is 11.1 Å². The minimum absolute atomic E-state index is 0.211. The quantitative estimate of drug-likeness (QED) is 0.464. The maximum atomic E-state index is 13.5. The average molecular weight is 463 g/mol. The van der Waals surface area contributed by atoms with Crippen molar-refractivity contribution in [2.45, 2.75) is 49.6 Å². The summed E-state index contributed by atoms with van der Waals surface area (Å²) in [5, 5.41) is 4.15. The number of nitrogens with zero attached hydrogens (tertiary/aromatic N) is 4. The largest absolute Gasteiger partial charge is 0.351 e. The van der Waals surface area contributed by atoms with Gasteiger partial charge in [-0.05, 0) is 62.9 Å². The molecule has 1 aliphatic rings. The van der Waals surface area contributed by atoms with Crippen LogP contribution in [0.5, 0.6) is 0 Å². The van der Waals surface area contributed by atoms with E-state index in [1.54, 1.807) is 61.8 Å². The van der Waals surface area contributed by atoms with Gasteiger partial charge in [-0.3, -0.25) is 0 Å². The molecular weight excluding hydrogens is 436 g/mol. The second-order valence-electron chi connectivity index (χ2n) is 8.44. The van der Waals surface area contributed by atoms with Crippen LogP contribution in [-0.4, -0.2) is 39.4 Å². The second kappa shape index (κ2) is 8.57. The Morgan fingerprint density at radius 3 is 2.48 bits per heavy atom. The Labute approximate surface area is 193 Å². The molecule has 0 aliphatic heterocycles. The molecule has 0 spiro atoms. The fourth-order valence-electron chi connectivity index (χ4n) is 4.54. The number of hydrogen-bond acceptors (Lipinski definition) is 7. The van der Waals surface area contributed by atoms with Crippen LogP contribution in [0.2, 0.25) is 0 Å². The predicted octanol–water partition coefficient (Wildman–Crippen LogP) is 3.72. The molecule has 3 heterocycles. The first-order valence-corrected chi connectivity index (χ1v) is 12.5. The van der Waals surface area contributed by atoms with Crippen LogP contribution in [-0.2, 0) is 10.0 Å². The summed E-state index contributed by atoms with van der Waals surface area (Å²) in [4.78, 5) is 13.8. The van der Waals surface area contributed by atoms with Crippen molar-refractivity contribution >= 4 is 27.0 Å². The molecule has 1 aromatic carbocycles. The summed E-state index contributed by atoms with van der Waals surface area (Å²) in [6.45, 7) is 1.79. The molecule has 3 aromatic heterocycles. The summed E-state index contributed by atoms with van der Waals surface area (Å²) in [5.74, 6) is 0.531. The van der Waals surface area contributed by atoms with E-state index in [-0.39, 0.29) is 17.0 Å². The molecular formula is C24H26N6O2S. The first-order chi connectivity index (χ1) is 15.9. The van der Waals surface area contributed by atoms with Gasteiger partial charge < -0.3 is 11.1 Å². The minimum Gasteiger partial charge on any atom is -0.351 e. The SMILES string of the molecule is Cc1c(-c2ccnc(NC3CCC(N)CC3)n2)c2cccnc2n1S(=O)(=O)c1ccccc1. The number of hydrogen-bond donors (Lipinski definition) is 2. The molecule has 170 valence electrons. The molecule has 0 saturated heterocycles. The number of anilines is 1. The lowest BCUT2D eigenvalue weighted by Crippen LogP contribution is -2.33. The molecule has 3 N–H and O–H groups in total. The Balaban J connectivity index is 1.60. The van der Waals surface area contributed by atoms with E-state index in [1.165, 1.54) is 3.97 Å². The van der Waals surface area contributed by atoms with Gasteiger partial charge in [-0.25, -0.2) is 27.3 Å². The molecule has 0 unspecified atom stereocenters. The summed E-state index contributed by atoms with van der Waals surface area (Å²) in [6.07, 6.45) is 7.21. The zero-order valence-corrected chi connectivity index (χ0v) is 19.2. The Morgan fingerprint density at radius 2 is 1.73 bits per heavy atom. The molecule has 0 amide bonds. The summed E-state index contributed by atoms with van der Waals surface area (Å²) >= 11 is 0. The van der Waals surface area contributed by atoms with E-state index >= 15 is 0 Å². The molecule has 0 bridgehead atoms. The van der Waals surface area contributed by atoms with Crippen molar-refractivity contribution in [1.29, 1.82) is 0 Å². The fraction of sp³-hybridized carbons (Fsp3) is 0.292. The highest BCUT2D eigenvalue weighted by Crippen LogP contribution is 2.35. The molecule has 1 fully saturated rings. The minimum atomic E-state index is -3.84. The average Bonchev–Trinajstić information content (AvgIpc) is 3.13. The Hall–Kier alpha value is -3.30. The van der Waals surface area contributed by atoms with Crippen LogP contribution in [0.3, 0.4) is 0 Å².